The van der Waals surface area contributed by atoms with Crippen molar-refractivity contribution < 1.29 is 19.0 Å². The summed E-state index contributed by atoms with van der Waals surface area (Å²) >= 11 is 6.16. The molecule has 1 aliphatic rings. The third kappa shape index (κ3) is 4.64. The van der Waals surface area contributed by atoms with Gasteiger partial charge in [-0.2, -0.15) is 0 Å². The number of amides is 1. The van der Waals surface area contributed by atoms with Crippen LogP contribution in [0.4, 0.5) is 11.4 Å². The molecule has 1 saturated heterocycles. The van der Waals surface area contributed by atoms with Crippen LogP contribution >= 0.6 is 11.6 Å². The summed E-state index contributed by atoms with van der Waals surface area (Å²) in [5.74, 6) is 0.880. The number of carbonyl (C=O) groups excluding carboxylic acids is 1. The van der Waals surface area contributed by atoms with Crippen LogP contribution in [0.15, 0.2) is 36.4 Å². The van der Waals surface area contributed by atoms with Gasteiger partial charge in [0, 0.05) is 23.7 Å². The predicted molar refractivity (Wildman–Crippen MR) is 107 cm³/mol. The second kappa shape index (κ2) is 8.97. The topological polar surface area (TPSA) is 60.0 Å². The van der Waals surface area contributed by atoms with E-state index in [1.807, 2.05) is 19.1 Å². The van der Waals surface area contributed by atoms with Crippen molar-refractivity contribution in [3.63, 3.8) is 0 Å². The van der Waals surface area contributed by atoms with Crippen molar-refractivity contribution in [2.75, 3.05) is 50.2 Å². The van der Waals surface area contributed by atoms with E-state index in [1.54, 1.807) is 31.4 Å². The number of carbonyl (C=O) groups is 1. The Morgan fingerprint density at radius 3 is 2.67 bits per heavy atom. The van der Waals surface area contributed by atoms with Gasteiger partial charge in [-0.05, 0) is 43.3 Å². The number of ether oxygens (including phenoxy) is 3. The van der Waals surface area contributed by atoms with Gasteiger partial charge in [0.1, 0.15) is 0 Å². The fourth-order valence-corrected chi connectivity index (χ4v) is 3.14. The van der Waals surface area contributed by atoms with Crippen molar-refractivity contribution >= 4 is 28.9 Å². The zero-order chi connectivity index (χ0) is 19.2. The maximum absolute atomic E-state index is 12.8. The molecule has 3 rings (SSSR count). The first kappa shape index (κ1) is 19.3. The Balaban J connectivity index is 1.84. The molecule has 27 heavy (non-hydrogen) atoms. The van der Waals surface area contributed by atoms with Crippen LogP contribution in [0.3, 0.4) is 0 Å². The predicted octanol–water partition coefficient (Wildman–Crippen LogP) is 3.84. The van der Waals surface area contributed by atoms with Crippen LogP contribution in [0.1, 0.15) is 17.3 Å². The molecule has 1 amide bonds. The van der Waals surface area contributed by atoms with Crippen LogP contribution in [0, 0.1) is 0 Å². The lowest BCUT2D eigenvalue weighted by Gasteiger charge is -2.30. The highest BCUT2D eigenvalue weighted by atomic mass is 35.5. The fraction of sp³-hybridized carbons (Fsp3) is 0.350. The molecule has 1 fully saturated rings. The Bertz CT molecular complexity index is 807. The molecule has 0 atom stereocenters. The summed E-state index contributed by atoms with van der Waals surface area (Å²) in [5, 5.41) is 3.53. The normalized spacial score (nSPS) is 14.0. The smallest absolute Gasteiger partial charge is 0.255 e. The van der Waals surface area contributed by atoms with E-state index in [2.05, 4.69) is 10.2 Å². The van der Waals surface area contributed by atoms with Gasteiger partial charge in [-0.1, -0.05) is 11.6 Å². The van der Waals surface area contributed by atoms with E-state index in [-0.39, 0.29) is 5.91 Å². The van der Waals surface area contributed by atoms with E-state index in [1.165, 1.54) is 0 Å². The van der Waals surface area contributed by atoms with Crippen LogP contribution in [0.5, 0.6) is 11.5 Å². The van der Waals surface area contributed by atoms with Gasteiger partial charge in [0.25, 0.3) is 5.91 Å². The molecule has 0 bridgehead atoms. The maximum atomic E-state index is 12.8. The standard InChI is InChI=1S/C20H23ClN2O4/c1-3-27-18-7-4-14(12-19(18)25-2)20(24)22-16-13-15(21)5-6-17(16)23-8-10-26-11-9-23/h4-7,12-13H,3,8-11H2,1-2H3,(H,22,24). The van der Waals surface area contributed by atoms with Crippen LogP contribution in [-0.2, 0) is 4.74 Å². The minimum absolute atomic E-state index is 0.242. The summed E-state index contributed by atoms with van der Waals surface area (Å²) < 4.78 is 16.2. The number of hydrogen-bond acceptors (Lipinski definition) is 5. The molecule has 0 unspecified atom stereocenters. The highest BCUT2D eigenvalue weighted by Gasteiger charge is 2.18. The highest BCUT2D eigenvalue weighted by molar-refractivity contribution is 6.31. The summed E-state index contributed by atoms with van der Waals surface area (Å²) in [6.45, 7) is 5.26. The van der Waals surface area contributed by atoms with Crippen LogP contribution in [0.25, 0.3) is 0 Å². The van der Waals surface area contributed by atoms with Crippen molar-refractivity contribution in [3.05, 3.63) is 47.0 Å². The summed E-state index contributed by atoms with van der Waals surface area (Å²) in [7, 11) is 1.55. The number of rotatable bonds is 6. The number of hydrogen-bond donors (Lipinski definition) is 1. The lowest BCUT2D eigenvalue weighted by atomic mass is 10.1. The van der Waals surface area contributed by atoms with Gasteiger partial charge in [-0.3, -0.25) is 4.79 Å². The number of halogens is 1. The first-order valence-electron chi connectivity index (χ1n) is 8.86. The maximum Gasteiger partial charge on any atom is 0.255 e. The first-order valence-corrected chi connectivity index (χ1v) is 9.24. The molecule has 2 aromatic rings. The average Bonchev–Trinajstić information content (AvgIpc) is 2.69. The van der Waals surface area contributed by atoms with Crippen molar-refractivity contribution in [2.45, 2.75) is 6.92 Å². The lowest BCUT2D eigenvalue weighted by molar-refractivity contribution is 0.102. The minimum Gasteiger partial charge on any atom is -0.493 e. The molecule has 1 N–H and O–H groups in total. The zero-order valence-electron chi connectivity index (χ0n) is 15.5. The number of nitrogens with zero attached hydrogens (tertiary/aromatic N) is 1. The largest absolute Gasteiger partial charge is 0.493 e. The summed E-state index contributed by atoms with van der Waals surface area (Å²) in [6, 6.07) is 10.6. The van der Waals surface area contributed by atoms with E-state index >= 15 is 0 Å². The molecular formula is C20H23ClN2O4. The molecule has 7 heteroatoms. The minimum atomic E-state index is -0.242. The third-order valence-electron chi connectivity index (χ3n) is 4.28. The van der Waals surface area contributed by atoms with Crippen LogP contribution in [0.2, 0.25) is 5.02 Å². The summed E-state index contributed by atoms with van der Waals surface area (Å²) in [6.07, 6.45) is 0. The molecule has 144 valence electrons. The lowest BCUT2D eigenvalue weighted by Crippen LogP contribution is -2.36. The molecule has 2 aromatic carbocycles. The van der Waals surface area contributed by atoms with Gasteiger partial charge < -0.3 is 24.4 Å². The molecule has 0 spiro atoms. The second-order valence-corrected chi connectivity index (χ2v) is 6.45. The summed E-state index contributed by atoms with van der Waals surface area (Å²) in [4.78, 5) is 15.0. The summed E-state index contributed by atoms with van der Waals surface area (Å²) in [5.41, 5.74) is 2.07. The highest BCUT2D eigenvalue weighted by Crippen LogP contribution is 2.32. The van der Waals surface area contributed by atoms with E-state index in [4.69, 9.17) is 25.8 Å². The molecular weight excluding hydrogens is 368 g/mol. The van der Waals surface area contributed by atoms with Gasteiger partial charge in [0.15, 0.2) is 11.5 Å². The number of benzene rings is 2. The quantitative estimate of drug-likeness (QED) is 0.812. The Morgan fingerprint density at radius 1 is 1.19 bits per heavy atom. The number of methoxy groups -OCH3 is 1. The Morgan fingerprint density at radius 2 is 1.96 bits per heavy atom. The first-order chi connectivity index (χ1) is 13.1. The van der Waals surface area contributed by atoms with Crippen molar-refractivity contribution in [3.8, 4) is 11.5 Å². The zero-order valence-corrected chi connectivity index (χ0v) is 16.2. The Labute approximate surface area is 164 Å². The average molecular weight is 391 g/mol. The van der Waals surface area contributed by atoms with Crippen molar-refractivity contribution in [1.29, 1.82) is 0 Å². The monoisotopic (exact) mass is 390 g/mol. The van der Waals surface area contributed by atoms with Crippen LogP contribution < -0.4 is 19.7 Å². The van der Waals surface area contributed by atoms with Gasteiger partial charge in [0.05, 0.1) is 38.3 Å². The van der Waals surface area contributed by atoms with Gasteiger partial charge in [-0.15, -0.1) is 0 Å². The van der Waals surface area contributed by atoms with Gasteiger partial charge in [0.2, 0.25) is 0 Å². The molecule has 0 radical (unpaired) electrons. The van der Waals surface area contributed by atoms with Crippen molar-refractivity contribution in [2.24, 2.45) is 0 Å². The number of morpholine rings is 1. The third-order valence-corrected chi connectivity index (χ3v) is 4.52. The molecule has 0 aliphatic carbocycles. The molecule has 1 aliphatic heterocycles. The van der Waals surface area contributed by atoms with Crippen molar-refractivity contribution in [1.82, 2.24) is 0 Å². The second-order valence-electron chi connectivity index (χ2n) is 6.01. The SMILES string of the molecule is CCOc1ccc(C(=O)Nc2cc(Cl)ccc2N2CCOCC2)cc1OC. The molecule has 0 saturated carbocycles. The van der Waals surface area contributed by atoms with E-state index in [0.717, 1.165) is 18.8 Å². The van der Waals surface area contributed by atoms with Crippen LogP contribution in [-0.4, -0.2) is 45.9 Å². The fourth-order valence-electron chi connectivity index (χ4n) is 2.97. The van der Waals surface area contributed by atoms with E-state index in [9.17, 15) is 4.79 Å². The van der Waals surface area contributed by atoms with E-state index < -0.39 is 0 Å². The Hall–Kier alpha value is -2.44. The van der Waals surface area contributed by atoms with E-state index in [0.29, 0.717) is 47.6 Å². The molecule has 1 heterocycles. The van der Waals surface area contributed by atoms with Gasteiger partial charge >= 0.3 is 0 Å². The Kier molecular flexibility index (Phi) is 6.42. The molecule has 6 nitrogen and oxygen atoms in total. The number of anilines is 2. The molecule has 0 aromatic heterocycles. The number of nitrogens with one attached hydrogen (secondary N) is 1. The van der Waals surface area contributed by atoms with Gasteiger partial charge in [-0.25, -0.2) is 0 Å².